The summed E-state index contributed by atoms with van der Waals surface area (Å²) >= 11 is 0. The summed E-state index contributed by atoms with van der Waals surface area (Å²) in [5.74, 6) is 0.828. The van der Waals surface area contributed by atoms with Crippen molar-refractivity contribution in [1.82, 2.24) is 4.72 Å². The Balaban J connectivity index is 1.63. The lowest BCUT2D eigenvalue weighted by molar-refractivity contribution is -0.00810. The number of carboxylic acids is 1. The summed E-state index contributed by atoms with van der Waals surface area (Å²) in [6.07, 6.45) is 6.52. The number of benzene rings is 1. The van der Waals surface area contributed by atoms with Gasteiger partial charge < -0.3 is 5.11 Å². The maximum atomic E-state index is 12.8. The highest BCUT2D eigenvalue weighted by Crippen LogP contribution is 2.55. The van der Waals surface area contributed by atoms with E-state index in [0.717, 1.165) is 19.3 Å². The molecular weight excluding hydrogens is 314 g/mol. The summed E-state index contributed by atoms with van der Waals surface area (Å²) < 4.78 is 28.5. The SMILES string of the molecule is O=C(O)c1cccc(S(=O)(=O)NC23CC4CC(CC(C4)C2)C3)c1. The molecule has 4 aliphatic rings. The van der Waals surface area contributed by atoms with E-state index in [2.05, 4.69) is 4.72 Å². The summed E-state index contributed by atoms with van der Waals surface area (Å²) in [7, 11) is -3.69. The topological polar surface area (TPSA) is 83.5 Å². The van der Waals surface area contributed by atoms with Crippen LogP contribution in [0.4, 0.5) is 0 Å². The van der Waals surface area contributed by atoms with Crippen LogP contribution in [0.1, 0.15) is 48.9 Å². The van der Waals surface area contributed by atoms with Crippen molar-refractivity contribution >= 4 is 16.0 Å². The van der Waals surface area contributed by atoms with Crippen LogP contribution in [0.3, 0.4) is 0 Å². The maximum absolute atomic E-state index is 12.8. The molecule has 5 nitrogen and oxygen atoms in total. The molecule has 0 aliphatic heterocycles. The number of aromatic carboxylic acids is 1. The molecule has 23 heavy (non-hydrogen) atoms. The lowest BCUT2D eigenvalue weighted by atomic mass is 9.53. The second kappa shape index (κ2) is 5.05. The Morgan fingerprint density at radius 3 is 2.17 bits per heavy atom. The Morgan fingerprint density at radius 2 is 1.65 bits per heavy atom. The van der Waals surface area contributed by atoms with Gasteiger partial charge in [0.15, 0.2) is 0 Å². The smallest absolute Gasteiger partial charge is 0.335 e. The first-order chi connectivity index (χ1) is 10.9. The first-order valence-corrected chi connectivity index (χ1v) is 9.71. The minimum absolute atomic E-state index is 0.00149. The van der Waals surface area contributed by atoms with E-state index in [1.807, 2.05) is 0 Å². The van der Waals surface area contributed by atoms with Crippen LogP contribution in [0.5, 0.6) is 0 Å². The number of carbonyl (C=O) groups is 1. The van der Waals surface area contributed by atoms with Gasteiger partial charge in [-0.25, -0.2) is 17.9 Å². The first-order valence-electron chi connectivity index (χ1n) is 8.23. The van der Waals surface area contributed by atoms with Gasteiger partial charge in [0.1, 0.15) is 0 Å². The van der Waals surface area contributed by atoms with Crippen molar-refractivity contribution in [2.45, 2.75) is 49.0 Å². The molecule has 0 unspecified atom stereocenters. The number of hydrogen-bond donors (Lipinski definition) is 2. The van der Waals surface area contributed by atoms with Crippen molar-refractivity contribution in [3.05, 3.63) is 29.8 Å². The molecule has 0 amide bonds. The minimum atomic E-state index is -3.69. The summed E-state index contributed by atoms with van der Waals surface area (Å²) in [6, 6.07) is 5.60. The predicted molar refractivity (Wildman–Crippen MR) is 84.6 cm³/mol. The summed E-state index contributed by atoms with van der Waals surface area (Å²) in [4.78, 5) is 11.1. The third-order valence-corrected chi connectivity index (χ3v) is 7.36. The minimum Gasteiger partial charge on any atom is -0.478 e. The second-order valence-electron chi connectivity index (χ2n) is 7.64. The Hall–Kier alpha value is -1.40. The average molecular weight is 335 g/mol. The van der Waals surface area contributed by atoms with E-state index in [9.17, 15) is 13.2 Å². The Morgan fingerprint density at radius 1 is 1.09 bits per heavy atom. The molecule has 4 saturated carbocycles. The van der Waals surface area contributed by atoms with Crippen molar-refractivity contribution in [2.24, 2.45) is 17.8 Å². The number of carboxylic acid groups (broad SMARTS) is 1. The molecule has 4 fully saturated rings. The zero-order valence-electron chi connectivity index (χ0n) is 12.9. The van der Waals surface area contributed by atoms with Crippen LogP contribution >= 0.6 is 0 Å². The van der Waals surface area contributed by atoms with E-state index in [4.69, 9.17) is 5.11 Å². The summed E-state index contributed by atoms with van der Waals surface area (Å²) in [5.41, 5.74) is -0.314. The van der Waals surface area contributed by atoms with Gasteiger partial charge >= 0.3 is 5.97 Å². The van der Waals surface area contributed by atoms with Gasteiger partial charge in [-0.2, -0.15) is 0 Å². The summed E-state index contributed by atoms with van der Waals surface area (Å²) in [5, 5.41) is 9.06. The molecule has 1 aromatic carbocycles. The monoisotopic (exact) mass is 335 g/mol. The van der Waals surface area contributed by atoms with E-state index >= 15 is 0 Å². The molecule has 0 saturated heterocycles. The molecule has 0 aromatic heterocycles. The molecule has 5 rings (SSSR count). The number of hydrogen-bond acceptors (Lipinski definition) is 3. The third kappa shape index (κ3) is 2.68. The van der Waals surface area contributed by atoms with E-state index in [0.29, 0.717) is 17.8 Å². The zero-order chi connectivity index (χ0) is 16.2. The van der Waals surface area contributed by atoms with Gasteiger partial charge in [0.2, 0.25) is 10.0 Å². The molecule has 4 aliphatic carbocycles. The molecule has 2 N–H and O–H groups in total. The fourth-order valence-corrected chi connectivity index (χ4v) is 6.85. The molecule has 124 valence electrons. The van der Waals surface area contributed by atoms with Crippen LogP contribution in [-0.4, -0.2) is 25.0 Å². The third-order valence-electron chi connectivity index (χ3n) is 5.78. The molecule has 0 radical (unpaired) electrons. The lowest BCUT2D eigenvalue weighted by Crippen LogP contribution is -2.59. The Labute approximate surface area is 136 Å². The lowest BCUT2D eigenvalue weighted by Gasteiger charge is -2.56. The fourth-order valence-electron chi connectivity index (χ4n) is 5.38. The van der Waals surface area contributed by atoms with Crippen molar-refractivity contribution in [3.8, 4) is 0 Å². The molecule has 4 bridgehead atoms. The van der Waals surface area contributed by atoms with E-state index in [1.54, 1.807) is 0 Å². The molecule has 0 spiro atoms. The summed E-state index contributed by atoms with van der Waals surface area (Å²) in [6.45, 7) is 0. The van der Waals surface area contributed by atoms with Gasteiger partial charge in [-0.15, -0.1) is 0 Å². The Bertz CT molecular complexity index is 720. The number of sulfonamides is 1. The molecular formula is C17H21NO4S. The number of nitrogens with one attached hydrogen (secondary N) is 1. The van der Waals surface area contributed by atoms with Crippen molar-refractivity contribution in [2.75, 3.05) is 0 Å². The number of rotatable bonds is 4. The highest BCUT2D eigenvalue weighted by Gasteiger charge is 2.52. The van der Waals surface area contributed by atoms with Gasteiger partial charge in [-0.05, 0) is 74.5 Å². The van der Waals surface area contributed by atoms with Crippen LogP contribution in [0.2, 0.25) is 0 Å². The normalized spacial score (nSPS) is 35.4. The van der Waals surface area contributed by atoms with E-state index in [1.165, 1.54) is 43.5 Å². The second-order valence-corrected chi connectivity index (χ2v) is 9.32. The van der Waals surface area contributed by atoms with Gasteiger partial charge in [-0.3, -0.25) is 0 Å². The average Bonchev–Trinajstić information content (AvgIpc) is 2.44. The van der Waals surface area contributed by atoms with Crippen LogP contribution in [-0.2, 0) is 10.0 Å². The quantitative estimate of drug-likeness (QED) is 0.886. The van der Waals surface area contributed by atoms with Crippen LogP contribution in [0.15, 0.2) is 29.2 Å². The van der Waals surface area contributed by atoms with Crippen molar-refractivity contribution < 1.29 is 18.3 Å². The largest absolute Gasteiger partial charge is 0.478 e. The Kier molecular flexibility index (Phi) is 3.32. The van der Waals surface area contributed by atoms with Crippen LogP contribution in [0.25, 0.3) is 0 Å². The van der Waals surface area contributed by atoms with Crippen LogP contribution < -0.4 is 4.72 Å². The molecule has 0 heterocycles. The zero-order valence-corrected chi connectivity index (χ0v) is 13.7. The van der Waals surface area contributed by atoms with E-state index in [-0.39, 0.29) is 16.0 Å². The van der Waals surface area contributed by atoms with Gasteiger partial charge in [0.05, 0.1) is 10.5 Å². The first kappa shape index (κ1) is 15.1. The van der Waals surface area contributed by atoms with Crippen LogP contribution in [0, 0.1) is 17.8 Å². The fraction of sp³-hybridized carbons (Fsp3) is 0.588. The molecule has 6 heteroatoms. The van der Waals surface area contributed by atoms with Gasteiger partial charge in [-0.1, -0.05) is 6.07 Å². The standard InChI is InChI=1S/C17H21NO4S/c19-16(20)14-2-1-3-15(7-14)23(21,22)18-17-8-11-4-12(9-17)6-13(5-11)10-17/h1-3,7,11-13,18H,4-6,8-10H2,(H,19,20). The van der Waals surface area contributed by atoms with Gasteiger partial charge in [0, 0.05) is 5.54 Å². The van der Waals surface area contributed by atoms with Gasteiger partial charge in [0.25, 0.3) is 0 Å². The molecule has 0 atom stereocenters. The van der Waals surface area contributed by atoms with E-state index < -0.39 is 16.0 Å². The predicted octanol–water partition coefficient (Wildman–Crippen LogP) is 2.63. The highest BCUT2D eigenvalue weighted by atomic mass is 32.2. The van der Waals surface area contributed by atoms with Crippen molar-refractivity contribution in [3.63, 3.8) is 0 Å². The van der Waals surface area contributed by atoms with Crippen molar-refractivity contribution in [1.29, 1.82) is 0 Å². The maximum Gasteiger partial charge on any atom is 0.335 e. The highest BCUT2D eigenvalue weighted by molar-refractivity contribution is 7.89. The molecule has 1 aromatic rings.